The minimum atomic E-state index is -3.11. The van der Waals surface area contributed by atoms with Gasteiger partial charge in [0.1, 0.15) is 11.3 Å². The van der Waals surface area contributed by atoms with E-state index in [-0.39, 0.29) is 11.3 Å². The van der Waals surface area contributed by atoms with E-state index in [4.69, 9.17) is 4.74 Å². The average Bonchev–Trinajstić information content (AvgIpc) is 2.47. The third kappa shape index (κ3) is 5.89. The smallest absolute Gasteiger partial charge is 0.387 e. The first-order valence-electron chi connectivity index (χ1n) is 6.68. The van der Waals surface area contributed by atoms with Crippen LogP contribution >= 0.6 is 0 Å². The molecule has 0 aliphatic rings. The first-order chi connectivity index (χ1) is 10.8. The molecule has 0 saturated carbocycles. The number of benzene rings is 1. The Morgan fingerprint density at radius 3 is 2.48 bits per heavy atom. The monoisotopic (exact) mass is 330 g/mol. The molecule has 0 spiro atoms. The van der Waals surface area contributed by atoms with Crippen LogP contribution in [-0.4, -0.2) is 37.2 Å². The molecular weight excluding hydrogens is 314 g/mol. The molecule has 0 aliphatic heterocycles. The van der Waals surface area contributed by atoms with Gasteiger partial charge in [-0.1, -0.05) is 12.1 Å². The number of esters is 1. The molecule has 1 aromatic carbocycles. The van der Waals surface area contributed by atoms with Gasteiger partial charge < -0.3 is 14.8 Å². The Kier molecular flexibility index (Phi) is 6.91. The largest absolute Gasteiger partial charge is 0.449 e. The molecule has 0 aromatic heterocycles. The Labute approximate surface area is 130 Å². The highest BCUT2D eigenvalue weighted by atomic mass is 19.3. The fourth-order valence-corrected chi connectivity index (χ4v) is 1.53. The molecule has 7 nitrogen and oxygen atoms in total. The number of amides is 3. The molecule has 0 heterocycles. The van der Waals surface area contributed by atoms with Crippen molar-refractivity contribution in [3.05, 3.63) is 29.8 Å². The first kappa shape index (κ1) is 18.3. The summed E-state index contributed by atoms with van der Waals surface area (Å²) in [7, 11) is 0. The van der Waals surface area contributed by atoms with Crippen LogP contribution < -0.4 is 15.4 Å². The molecule has 3 amide bonds. The van der Waals surface area contributed by atoms with E-state index in [1.54, 1.807) is 6.92 Å². The molecule has 1 aromatic rings. The minimum Gasteiger partial charge on any atom is -0.449 e. The maximum absolute atomic E-state index is 12.3. The first-order valence-corrected chi connectivity index (χ1v) is 6.68. The number of carbonyl (C=O) groups is 3. The van der Waals surface area contributed by atoms with Crippen molar-refractivity contribution in [3.8, 4) is 5.75 Å². The van der Waals surface area contributed by atoms with Crippen molar-refractivity contribution in [2.24, 2.45) is 0 Å². The van der Waals surface area contributed by atoms with Gasteiger partial charge in [0, 0.05) is 6.54 Å². The number of ether oxygens (including phenoxy) is 2. The van der Waals surface area contributed by atoms with E-state index < -0.39 is 30.6 Å². The fraction of sp³-hybridized carbons (Fsp3) is 0.357. The Morgan fingerprint density at radius 2 is 1.87 bits per heavy atom. The summed E-state index contributed by atoms with van der Waals surface area (Å²) in [5.41, 5.74) is -0.259. The zero-order chi connectivity index (χ0) is 17.4. The molecule has 0 unspecified atom stereocenters. The number of urea groups is 1. The van der Waals surface area contributed by atoms with Crippen LogP contribution in [0.4, 0.5) is 13.6 Å². The number of hydrogen-bond acceptors (Lipinski definition) is 5. The van der Waals surface area contributed by atoms with E-state index in [1.165, 1.54) is 31.2 Å². The number of alkyl halides is 2. The van der Waals surface area contributed by atoms with Crippen molar-refractivity contribution in [1.29, 1.82) is 0 Å². The number of carbonyl (C=O) groups excluding carboxylic acids is 3. The third-order valence-corrected chi connectivity index (χ3v) is 2.55. The van der Waals surface area contributed by atoms with Gasteiger partial charge in [-0.2, -0.15) is 8.78 Å². The molecule has 23 heavy (non-hydrogen) atoms. The van der Waals surface area contributed by atoms with E-state index in [9.17, 15) is 23.2 Å². The van der Waals surface area contributed by atoms with E-state index in [0.29, 0.717) is 6.54 Å². The van der Waals surface area contributed by atoms with Crippen LogP contribution in [0.5, 0.6) is 5.75 Å². The predicted octanol–water partition coefficient (Wildman–Crippen LogP) is 1.68. The van der Waals surface area contributed by atoms with Gasteiger partial charge >= 0.3 is 18.6 Å². The lowest BCUT2D eigenvalue weighted by Crippen LogP contribution is -2.44. The molecule has 0 saturated heterocycles. The maximum Gasteiger partial charge on any atom is 0.387 e. The van der Waals surface area contributed by atoms with Crippen molar-refractivity contribution in [1.82, 2.24) is 10.6 Å². The second kappa shape index (κ2) is 8.66. The summed E-state index contributed by atoms with van der Waals surface area (Å²) in [6.07, 6.45) is -1.30. The molecule has 126 valence electrons. The van der Waals surface area contributed by atoms with Crippen LogP contribution in [0.15, 0.2) is 24.3 Å². The molecule has 0 radical (unpaired) electrons. The van der Waals surface area contributed by atoms with Gasteiger partial charge in [0.2, 0.25) is 0 Å². The van der Waals surface area contributed by atoms with Crippen LogP contribution in [0.3, 0.4) is 0 Å². The second-order valence-corrected chi connectivity index (χ2v) is 4.27. The summed E-state index contributed by atoms with van der Waals surface area (Å²) in [6, 6.07) is 4.48. The van der Waals surface area contributed by atoms with Crippen molar-refractivity contribution < 1.29 is 32.6 Å². The Hall–Kier alpha value is -2.71. The van der Waals surface area contributed by atoms with Gasteiger partial charge in [0.25, 0.3) is 5.91 Å². The highest BCUT2D eigenvalue weighted by molar-refractivity contribution is 5.99. The van der Waals surface area contributed by atoms with Crippen molar-refractivity contribution in [2.45, 2.75) is 26.6 Å². The lowest BCUT2D eigenvalue weighted by atomic mass is 10.2. The summed E-state index contributed by atoms with van der Waals surface area (Å²) in [5.74, 6) is -2.25. The van der Waals surface area contributed by atoms with Gasteiger partial charge in [0.15, 0.2) is 6.10 Å². The van der Waals surface area contributed by atoms with Gasteiger partial charge in [-0.15, -0.1) is 0 Å². The van der Waals surface area contributed by atoms with Gasteiger partial charge in [-0.25, -0.2) is 9.59 Å². The van der Waals surface area contributed by atoms with E-state index in [1.807, 2.05) is 5.32 Å². The Balaban J connectivity index is 2.72. The summed E-state index contributed by atoms with van der Waals surface area (Å²) in [6.45, 7) is 0.102. The summed E-state index contributed by atoms with van der Waals surface area (Å²) >= 11 is 0. The summed E-state index contributed by atoms with van der Waals surface area (Å²) in [4.78, 5) is 34.8. The van der Waals surface area contributed by atoms with E-state index in [0.717, 1.165) is 0 Å². The number of rotatable bonds is 6. The molecule has 9 heteroatoms. The number of imide groups is 1. The van der Waals surface area contributed by atoms with Gasteiger partial charge in [-0.3, -0.25) is 10.1 Å². The number of para-hydroxylation sites is 1. The number of nitrogens with one attached hydrogen (secondary N) is 2. The molecular formula is C14H16F2N2O5. The zero-order valence-corrected chi connectivity index (χ0v) is 12.5. The van der Waals surface area contributed by atoms with Crippen molar-refractivity contribution in [3.63, 3.8) is 0 Å². The van der Waals surface area contributed by atoms with Crippen LogP contribution in [0.1, 0.15) is 24.2 Å². The SMILES string of the molecule is CCNC(=O)NC(=O)[C@H](C)OC(=O)c1ccccc1OC(F)F. The van der Waals surface area contributed by atoms with Crippen LogP contribution in [0.25, 0.3) is 0 Å². The molecule has 2 N–H and O–H groups in total. The molecule has 0 bridgehead atoms. The fourth-order valence-electron chi connectivity index (χ4n) is 1.53. The minimum absolute atomic E-state index is 0.259. The quantitative estimate of drug-likeness (QED) is 0.774. The van der Waals surface area contributed by atoms with E-state index in [2.05, 4.69) is 10.1 Å². The number of hydrogen-bond donors (Lipinski definition) is 2. The molecule has 1 rings (SSSR count). The number of halogens is 2. The Morgan fingerprint density at radius 1 is 1.22 bits per heavy atom. The predicted molar refractivity (Wildman–Crippen MR) is 75.2 cm³/mol. The normalized spacial score (nSPS) is 11.5. The van der Waals surface area contributed by atoms with Crippen LogP contribution in [0.2, 0.25) is 0 Å². The summed E-state index contributed by atoms with van der Waals surface area (Å²) < 4.78 is 33.6. The van der Waals surface area contributed by atoms with Gasteiger partial charge in [0.05, 0.1) is 0 Å². The molecule has 0 fully saturated rings. The van der Waals surface area contributed by atoms with Crippen molar-refractivity contribution >= 4 is 17.9 Å². The third-order valence-electron chi connectivity index (χ3n) is 2.55. The Bertz CT molecular complexity index is 580. The standard InChI is InChI=1S/C14H16F2N2O5/c1-3-17-14(21)18-11(19)8(2)22-12(20)9-6-4-5-7-10(9)23-13(15)16/h4-8,13H,3H2,1-2H3,(H2,17,18,19,21)/t8-/m0/s1. The molecule has 1 atom stereocenters. The van der Waals surface area contributed by atoms with Gasteiger partial charge in [-0.05, 0) is 26.0 Å². The zero-order valence-electron chi connectivity index (χ0n) is 12.5. The van der Waals surface area contributed by atoms with Crippen LogP contribution in [-0.2, 0) is 9.53 Å². The topological polar surface area (TPSA) is 93.7 Å². The highest BCUT2D eigenvalue weighted by Gasteiger charge is 2.23. The summed E-state index contributed by atoms with van der Waals surface area (Å²) in [5, 5.41) is 4.30. The lowest BCUT2D eigenvalue weighted by molar-refractivity contribution is -0.128. The average molecular weight is 330 g/mol. The van der Waals surface area contributed by atoms with E-state index >= 15 is 0 Å². The van der Waals surface area contributed by atoms with Crippen molar-refractivity contribution in [2.75, 3.05) is 6.54 Å². The molecule has 0 aliphatic carbocycles. The van der Waals surface area contributed by atoms with Crippen LogP contribution in [0, 0.1) is 0 Å². The second-order valence-electron chi connectivity index (χ2n) is 4.27. The lowest BCUT2D eigenvalue weighted by Gasteiger charge is -2.14. The highest BCUT2D eigenvalue weighted by Crippen LogP contribution is 2.21. The maximum atomic E-state index is 12.3.